The van der Waals surface area contributed by atoms with E-state index in [-0.39, 0.29) is 41.7 Å². The molecule has 7 nitrogen and oxygen atoms in total. The van der Waals surface area contributed by atoms with Gasteiger partial charge < -0.3 is 14.4 Å². The summed E-state index contributed by atoms with van der Waals surface area (Å²) in [5.41, 5.74) is 10.4. The molecule has 1 amide bonds. The highest BCUT2D eigenvalue weighted by molar-refractivity contribution is 6.06. The molecule has 5 aliphatic rings. The third-order valence-corrected chi connectivity index (χ3v) is 14.2. The van der Waals surface area contributed by atoms with Crippen molar-refractivity contribution in [3.8, 4) is 16.9 Å². The SMILES string of the molecule is CC[C@H](C)[C@H](C)C(=O)C1C[C@@H](COC)C[C@H]1C1=Nc2ccc3cc4c(cc3c2C1)OCc1cc(C2=CN=C([C@@H]3CC[C@H](C)N3C(=O)[C@@H](C)C(C)C)C2)ccc1-4. The Labute approximate surface area is 327 Å². The number of Topliss-reactive ketones (excluding diaryl/α,β-unsaturated/α-hetero) is 1. The highest BCUT2D eigenvalue weighted by Gasteiger charge is 2.44. The standard InChI is InChI=1S/C48H59N3O4/c1-9-27(4)30(7)47(52)41-17-31(24-54-8)16-38(41)43-21-39-37-22-46-40(19-33(37)12-14-42(39)50-43)36-13-11-32(18-35(36)25-55-46)34-20-44(49-23-34)45-15-10-28(5)51(45)48(53)29(6)26(2)3/h11-14,18-19,22-23,26-31,38,41,45H,9-10,15-17,20-21,24-25H2,1-8H3/t27-,28-,29-,30-,31-,38+,41?,45-/m0/s1. The van der Waals surface area contributed by atoms with Gasteiger partial charge >= 0.3 is 0 Å². The number of ether oxygens (including phenoxy) is 2. The fourth-order valence-corrected chi connectivity index (χ4v) is 10.1. The zero-order chi connectivity index (χ0) is 38.7. The lowest BCUT2D eigenvalue weighted by atomic mass is 9.78. The number of nitrogens with zero attached hydrogens (tertiary/aromatic N) is 3. The van der Waals surface area contributed by atoms with Crippen LogP contribution in [0.5, 0.6) is 5.75 Å². The summed E-state index contributed by atoms with van der Waals surface area (Å²) in [7, 11) is 1.77. The van der Waals surface area contributed by atoms with Gasteiger partial charge in [0, 0.05) is 79.5 Å². The first kappa shape index (κ1) is 37.8. The van der Waals surface area contributed by atoms with Crippen molar-refractivity contribution in [1.29, 1.82) is 0 Å². The molecule has 3 aromatic rings. The number of carbonyl (C=O) groups excluding carboxylic acids is 2. The largest absolute Gasteiger partial charge is 0.488 e. The molecule has 1 saturated carbocycles. The maximum Gasteiger partial charge on any atom is 0.226 e. The first-order valence-electron chi connectivity index (χ1n) is 21.0. The second-order valence-corrected chi connectivity index (χ2v) is 17.8. The van der Waals surface area contributed by atoms with Crippen LogP contribution in [0.25, 0.3) is 27.5 Å². The van der Waals surface area contributed by atoms with Crippen LogP contribution in [-0.2, 0) is 27.4 Å². The molecule has 4 heterocycles. The first-order chi connectivity index (χ1) is 26.5. The normalized spacial score (nSPS) is 25.9. The van der Waals surface area contributed by atoms with Gasteiger partial charge in [0.25, 0.3) is 0 Å². The Morgan fingerprint density at radius 2 is 1.76 bits per heavy atom. The van der Waals surface area contributed by atoms with Crippen LogP contribution >= 0.6 is 0 Å². The van der Waals surface area contributed by atoms with Gasteiger partial charge in [0.05, 0.1) is 11.7 Å². The molecule has 1 unspecified atom stereocenters. The van der Waals surface area contributed by atoms with Gasteiger partial charge in [-0.1, -0.05) is 66.2 Å². The lowest BCUT2D eigenvalue weighted by molar-refractivity contribution is -0.137. The van der Waals surface area contributed by atoms with Crippen molar-refractivity contribution in [2.75, 3.05) is 13.7 Å². The van der Waals surface area contributed by atoms with Crippen molar-refractivity contribution in [1.82, 2.24) is 4.90 Å². The van der Waals surface area contributed by atoms with Crippen LogP contribution in [0.2, 0.25) is 0 Å². The quantitative estimate of drug-likeness (QED) is 0.196. The van der Waals surface area contributed by atoms with Gasteiger partial charge in [-0.05, 0) is 113 Å². The number of likely N-dealkylation sites (tertiary alicyclic amines) is 1. The van der Waals surface area contributed by atoms with Gasteiger partial charge in [-0.25, -0.2) is 0 Å². The average Bonchev–Trinajstić information content (AvgIpc) is 4.01. The van der Waals surface area contributed by atoms with Crippen molar-refractivity contribution in [3.05, 3.63) is 65.4 Å². The molecule has 55 heavy (non-hydrogen) atoms. The van der Waals surface area contributed by atoms with Crippen LogP contribution < -0.4 is 4.74 Å². The van der Waals surface area contributed by atoms with Gasteiger partial charge in [0.15, 0.2) is 0 Å². The molecule has 8 atom stereocenters. The summed E-state index contributed by atoms with van der Waals surface area (Å²) in [6, 6.07) is 15.9. The number of carbonyl (C=O) groups is 2. The average molecular weight is 742 g/mol. The zero-order valence-corrected chi connectivity index (χ0v) is 34.2. The van der Waals surface area contributed by atoms with Crippen molar-refractivity contribution in [2.45, 2.75) is 112 Å². The van der Waals surface area contributed by atoms with Crippen LogP contribution in [-0.4, -0.2) is 53.8 Å². The second kappa shape index (κ2) is 15.1. The van der Waals surface area contributed by atoms with Crippen LogP contribution in [0.4, 0.5) is 5.69 Å². The van der Waals surface area contributed by atoms with E-state index in [0.29, 0.717) is 36.8 Å². The van der Waals surface area contributed by atoms with E-state index in [2.05, 4.69) is 95.8 Å². The summed E-state index contributed by atoms with van der Waals surface area (Å²) in [5.74, 6) is 2.86. The molecular formula is C48H59N3O4. The molecule has 290 valence electrons. The molecule has 3 aromatic carbocycles. The monoisotopic (exact) mass is 741 g/mol. The van der Waals surface area contributed by atoms with E-state index in [1.807, 2.05) is 6.20 Å². The van der Waals surface area contributed by atoms with E-state index in [0.717, 1.165) is 73.4 Å². The smallest absolute Gasteiger partial charge is 0.226 e. The van der Waals surface area contributed by atoms with Gasteiger partial charge in [-0.3, -0.25) is 19.6 Å². The molecule has 0 bridgehead atoms. The van der Waals surface area contributed by atoms with Crippen LogP contribution in [0, 0.1) is 41.4 Å². The Morgan fingerprint density at radius 3 is 2.53 bits per heavy atom. The van der Waals surface area contributed by atoms with Crippen molar-refractivity contribution < 1.29 is 19.1 Å². The topological polar surface area (TPSA) is 80.6 Å². The van der Waals surface area contributed by atoms with Crippen LogP contribution in [0.15, 0.2) is 58.6 Å². The number of hydrogen-bond donors (Lipinski definition) is 0. The highest BCUT2D eigenvalue weighted by atomic mass is 16.5. The third-order valence-electron chi connectivity index (χ3n) is 14.2. The number of benzene rings is 3. The third kappa shape index (κ3) is 6.79. The van der Waals surface area contributed by atoms with Crippen LogP contribution in [0.1, 0.15) is 104 Å². The molecule has 0 aromatic heterocycles. The molecule has 0 N–H and O–H groups in total. The Kier molecular flexibility index (Phi) is 10.4. The van der Waals surface area contributed by atoms with E-state index in [4.69, 9.17) is 19.5 Å². The molecule has 1 aliphatic carbocycles. The number of fused-ring (bicyclic) bond motifs is 6. The fourth-order valence-electron chi connectivity index (χ4n) is 10.1. The number of amides is 1. The van der Waals surface area contributed by atoms with E-state index in [1.54, 1.807) is 7.11 Å². The molecule has 7 heteroatoms. The van der Waals surface area contributed by atoms with Crippen molar-refractivity contribution in [2.24, 2.45) is 51.4 Å². The second-order valence-electron chi connectivity index (χ2n) is 17.8. The predicted octanol–water partition coefficient (Wildman–Crippen LogP) is 10.4. The fraction of sp³-hybridized carbons (Fsp3) is 0.542. The maximum absolute atomic E-state index is 13.9. The predicted molar refractivity (Wildman–Crippen MR) is 223 cm³/mol. The highest BCUT2D eigenvalue weighted by Crippen LogP contribution is 2.47. The number of hydrogen-bond acceptors (Lipinski definition) is 6. The minimum atomic E-state index is 0.00273. The van der Waals surface area contributed by atoms with Gasteiger partial charge in [-0.2, -0.15) is 0 Å². The lowest BCUT2D eigenvalue weighted by Crippen LogP contribution is -2.46. The van der Waals surface area contributed by atoms with E-state index in [1.165, 1.54) is 38.6 Å². The van der Waals surface area contributed by atoms with Crippen molar-refractivity contribution in [3.63, 3.8) is 0 Å². The Balaban J connectivity index is 1.00. The Morgan fingerprint density at radius 1 is 0.945 bits per heavy atom. The molecule has 4 aliphatic heterocycles. The number of allylic oxidation sites excluding steroid dienone is 1. The van der Waals surface area contributed by atoms with E-state index >= 15 is 0 Å². The molecule has 1 saturated heterocycles. The minimum absolute atomic E-state index is 0.00273. The molecule has 2 fully saturated rings. The van der Waals surface area contributed by atoms with Gasteiger partial charge in [0.2, 0.25) is 5.91 Å². The van der Waals surface area contributed by atoms with Crippen LogP contribution in [0.3, 0.4) is 0 Å². The summed E-state index contributed by atoms with van der Waals surface area (Å²) < 4.78 is 12.1. The summed E-state index contributed by atoms with van der Waals surface area (Å²) in [6.07, 6.45) is 8.42. The lowest BCUT2D eigenvalue weighted by Gasteiger charge is -2.32. The Hall–Kier alpha value is -4.10. The molecule has 8 rings (SSSR count). The summed E-state index contributed by atoms with van der Waals surface area (Å²) in [6.45, 7) is 16.2. The number of rotatable bonds is 11. The molecular weight excluding hydrogens is 683 g/mol. The summed E-state index contributed by atoms with van der Waals surface area (Å²) in [5, 5.41) is 2.37. The van der Waals surface area contributed by atoms with Crippen molar-refractivity contribution >= 4 is 45.1 Å². The van der Waals surface area contributed by atoms with E-state index < -0.39 is 0 Å². The van der Waals surface area contributed by atoms with Gasteiger partial charge in [0.1, 0.15) is 18.1 Å². The molecule has 0 radical (unpaired) electrons. The summed E-state index contributed by atoms with van der Waals surface area (Å²) >= 11 is 0. The van der Waals surface area contributed by atoms with Gasteiger partial charge in [-0.15, -0.1) is 0 Å². The summed E-state index contributed by atoms with van der Waals surface area (Å²) in [4.78, 5) is 39.7. The first-order valence-corrected chi connectivity index (χ1v) is 21.0. The zero-order valence-electron chi connectivity index (χ0n) is 34.2. The number of methoxy groups -OCH3 is 1. The maximum atomic E-state index is 13.9. The Bertz CT molecular complexity index is 2110. The minimum Gasteiger partial charge on any atom is -0.488 e. The number of ketones is 1. The molecule has 0 spiro atoms. The van der Waals surface area contributed by atoms with E-state index in [9.17, 15) is 9.59 Å². The number of aliphatic imine (C=N–C) groups is 2.